The number of aryl methyl sites for hydroxylation is 2. The van der Waals surface area contributed by atoms with E-state index in [1.54, 1.807) is 0 Å². The smallest absolute Gasteiger partial charge is 0.228 e. The van der Waals surface area contributed by atoms with Crippen LogP contribution in [0.25, 0.3) is 43.6 Å². The summed E-state index contributed by atoms with van der Waals surface area (Å²) in [6.07, 6.45) is 8.44. The zero-order valence-electron chi connectivity index (χ0n) is 24.3. The van der Waals surface area contributed by atoms with Crippen LogP contribution in [0.4, 0.5) is 0 Å². The van der Waals surface area contributed by atoms with Crippen molar-refractivity contribution in [1.29, 1.82) is 0 Å². The zero-order valence-corrected chi connectivity index (χ0v) is 24.3. The Morgan fingerprint density at radius 1 is 0.923 bits per heavy atom. The number of rotatable bonds is 3. The minimum atomic E-state index is 0.483. The summed E-state index contributed by atoms with van der Waals surface area (Å²) >= 11 is 0. The minimum Gasteiger partial charge on any atom is -0.455 e. The Labute approximate surface area is 232 Å². The van der Waals surface area contributed by atoms with Gasteiger partial charge in [0, 0.05) is 17.0 Å². The molecule has 1 fully saturated rings. The van der Waals surface area contributed by atoms with Crippen LogP contribution >= 0.6 is 0 Å². The van der Waals surface area contributed by atoms with E-state index in [0.717, 1.165) is 17.9 Å². The number of aromatic nitrogens is 1. The quantitative estimate of drug-likeness (QED) is 0.169. The summed E-state index contributed by atoms with van der Waals surface area (Å²) in [5.74, 6) is 3.24. The van der Waals surface area contributed by atoms with Crippen LogP contribution in [0.1, 0.15) is 76.0 Å². The molecule has 7 rings (SSSR count). The molecular weight excluding hydrogens is 474 g/mol. The van der Waals surface area contributed by atoms with Gasteiger partial charge in [0.15, 0.2) is 6.20 Å². The van der Waals surface area contributed by atoms with Crippen molar-refractivity contribution < 1.29 is 9.30 Å². The second-order valence-electron chi connectivity index (χ2n) is 13.4. The lowest BCUT2D eigenvalue weighted by atomic mass is 9.71. The molecule has 0 spiro atoms. The van der Waals surface area contributed by atoms with Crippen LogP contribution in [-0.2, 0) is 13.5 Å². The molecule has 0 amide bonds. The lowest BCUT2D eigenvalue weighted by Crippen LogP contribution is -2.32. The molecule has 2 heteroatoms. The Bertz CT molecular complexity index is 1780. The summed E-state index contributed by atoms with van der Waals surface area (Å²) in [5.41, 5.74) is 7.16. The van der Waals surface area contributed by atoms with Gasteiger partial charge in [-0.25, -0.2) is 4.57 Å². The van der Waals surface area contributed by atoms with Crippen LogP contribution in [0.2, 0.25) is 0 Å². The normalized spacial score (nSPS) is 16.7. The Morgan fingerprint density at radius 3 is 2.41 bits per heavy atom. The van der Waals surface area contributed by atoms with E-state index in [1.807, 2.05) is 0 Å². The number of ether oxygens (including phenoxy) is 1. The molecule has 0 N–H and O–H groups in total. The van der Waals surface area contributed by atoms with Gasteiger partial charge in [-0.1, -0.05) is 70.2 Å². The molecule has 5 aromatic rings. The maximum absolute atomic E-state index is 6.99. The van der Waals surface area contributed by atoms with Gasteiger partial charge >= 0.3 is 0 Å². The van der Waals surface area contributed by atoms with Crippen molar-refractivity contribution in [1.82, 2.24) is 0 Å². The fraction of sp³-hybridized carbons (Fsp3) is 0.378. The second-order valence-corrected chi connectivity index (χ2v) is 13.4. The van der Waals surface area contributed by atoms with Gasteiger partial charge < -0.3 is 4.74 Å². The first-order valence-electron chi connectivity index (χ1n) is 14.8. The number of benzene rings is 4. The minimum absolute atomic E-state index is 0.483. The van der Waals surface area contributed by atoms with E-state index in [4.69, 9.17) is 4.74 Å². The van der Waals surface area contributed by atoms with Gasteiger partial charge in [-0.05, 0) is 95.0 Å². The number of nitrogens with zero attached hydrogens (tertiary/aromatic N) is 1. The Morgan fingerprint density at radius 2 is 1.67 bits per heavy atom. The van der Waals surface area contributed by atoms with Crippen LogP contribution in [-0.4, -0.2) is 0 Å². The third-order valence-corrected chi connectivity index (χ3v) is 9.63. The van der Waals surface area contributed by atoms with Gasteiger partial charge in [0.05, 0.1) is 10.9 Å². The van der Waals surface area contributed by atoms with E-state index in [1.165, 1.54) is 85.9 Å². The van der Waals surface area contributed by atoms with Crippen molar-refractivity contribution in [2.75, 3.05) is 0 Å². The SMILES string of the molecule is Cc1c2c(c(CC(C)C)c3ccccc13)Oc1cc3ccc(C4CCC(C)(C)CC4)cc3c3cc[n+](C)c-2c13. The first-order valence-corrected chi connectivity index (χ1v) is 14.8. The van der Waals surface area contributed by atoms with Gasteiger partial charge in [-0.2, -0.15) is 0 Å². The molecule has 0 atom stereocenters. The van der Waals surface area contributed by atoms with Crippen LogP contribution in [0, 0.1) is 18.3 Å². The first-order chi connectivity index (χ1) is 18.7. The van der Waals surface area contributed by atoms with Crippen molar-refractivity contribution in [3.63, 3.8) is 0 Å². The summed E-state index contributed by atoms with van der Waals surface area (Å²) in [6, 6.07) is 20.7. The molecule has 39 heavy (non-hydrogen) atoms. The molecule has 0 radical (unpaired) electrons. The molecule has 0 unspecified atom stereocenters. The van der Waals surface area contributed by atoms with E-state index >= 15 is 0 Å². The number of hydrogen-bond donors (Lipinski definition) is 0. The third-order valence-electron chi connectivity index (χ3n) is 9.63. The number of hydrogen-bond acceptors (Lipinski definition) is 1. The van der Waals surface area contributed by atoms with Crippen molar-refractivity contribution in [2.24, 2.45) is 18.4 Å². The molecule has 1 aromatic heterocycles. The van der Waals surface area contributed by atoms with Gasteiger partial charge in [0.1, 0.15) is 18.5 Å². The van der Waals surface area contributed by atoms with E-state index in [2.05, 4.69) is 107 Å². The highest BCUT2D eigenvalue weighted by molar-refractivity contribution is 6.16. The largest absolute Gasteiger partial charge is 0.455 e. The van der Waals surface area contributed by atoms with Gasteiger partial charge in [-0.15, -0.1) is 0 Å². The maximum atomic E-state index is 6.99. The topological polar surface area (TPSA) is 13.1 Å². The zero-order chi connectivity index (χ0) is 27.1. The predicted molar refractivity (Wildman–Crippen MR) is 164 cm³/mol. The summed E-state index contributed by atoms with van der Waals surface area (Å²) in [4.78, 5) is 0. The molecule has 0 saturated heterocycles. The fourth-order valence-corrected chi connectivity index (χ4v) is 7.41. The molecule has 2 heterocycles. The summed E-state index contributed by atoms with van der Waals surface area (Å²) in [7, 11) is 2.19. The second kappa shape index (κ2) is 8.81. The van der Waals surface area contributed by atoms with Crippen molar-refractivity contribution >= 4 is 32.3 Å². The van der Waals surface area contributed by atoms with E-state index in [0.29, 0.717) is 17.3 Å². The van der Waals surface area contributed by atoms with E-state index in [-0.39, 0.29) is 0 Å². The van der Waals surface area contributed by atoms with E-state index in [9.17, 15) is 0 Å². The standard InChI is InChI=1S/C37H40NO/c1-22(2)19-31-28-10-8-7-9-27(28)23(3)33-35-34-29(15-18-38(35)6)30-20-25(24-13-16-37(4,5)17-14-24)11-12-26(30)21-32(34)39-36(31)33/h7-12,15,18,20-22,24H,13-14,16-17,19H2,1-6H3/q+1. The predicted octanol–water partition coefficient (Wildman–Crippen LogP) is 9.93. The Balaban J connectivity index is 1.50. The molecule has 198 valence electrons. The molecule has 2 aliphatic rings. The van der Waals surface area contributed by atoms with Gasteiger partial charge in [0.2, 0.25) is 5.69 Å². The molecule has 0 bridgehead atoms. The summed E-state index contributed by atoms with van der Waals surface area (Å²) in [5, 5.41) is 7.82. The van der Waals surface area contributed by atoms with Gasteiger partial charge in [-0.3, -0.25) is 0 Å². The van der Waals surface area contributed by atoms with Crippen molar-refractivity contribution in [2.45, 2.75) is 72.6 Å². The third kappa shape index (κ3) is 3.86. The summed E-state index contributed by atoms with van der Waals surface area (Å²) in [6.45, 7) is 11.7. The van der Waals surface area contributed by atoms with Crippen LogP contribution in [0.3, 0.4) is 0 Å². The lowest BCUT2D eigenvalue weighted by Gasteiger charge is -2.34. The molecule has 1 saturated carbocycles. The monoisotopic (exact) mass is 514 g/mol. The highest BCUT2D eigenvalue weighted by Gasteiger charge is 2.34. The summed E-state index contributed by atoms with van der Waals surface area (Å²) < 4.78 is 9.30. The molecule has 2 nitrogen and oxygen atoms in total. The molecule has 1 aliphatic heterocycles. The molecular formula is C37H40NO+. The maximum Gasteiger partial charge on any atom is 0.228 e. The average Bonchev–Trinajstić information content (AvgIpc) is 2.91. The lowest BCUT2D eigenvalue weighted by molar-refractivity contribution is -0.659. The van der Waals surface area contributed by atoms with Crippen LogP contribution in [0.15, 0.2) is 60.8 Å². The van der Waals surface area contributed by atoms with Crippen LogP contribution in [0.5, 0.6) is 11.5 Å². The first kappa shape index (κ1) is 24.6. The molecule has 4 aromatic carbocycles. The fourth-order valence-electron chi connectivity index (χ4n) is 7.41. The Hall–Kier alpha value is -3.39. The van der Waals surface area contributed by atoms with Crippen molar-refractivity contribution in [3.8, 4) is 22.8 Å². The van der Waals surface area contributed by atoms with Gasteiger partial charge in [0.25, 0.3) is 0 Å². The van der Waals surface area contributed by atoms with Crippen LogP contribution < -0.4 is 9.30 Å². The highest BCUT2D eigenvalue weighted by Crippen LogP contribution is 2.52. The highest BCUT2D eigenvalue weighted by atomic mass is 16.5. The van der Waals surface area contributed by atoms with Crippen molar-refractivity contribution in [3.05, 3.63) is 77.5 Å². The Kier molecular flexibility index (Phi) is 5.57. The average molecular weight is 515 g/mol. The van der Waals surface area contributed by atoms with E-state index < -0.39 is 0 Å². The molecule has 1 aliphatic carbocycles. The number of pyridine rings is 1. The number of fused-ring (bicyclic) bond motifs is 5.